The molecule has 1 aromatic carbocycles. The molecule has 0 saturated heterocycles. The first-order valence-electron chi connectivity index (χ1n) is 5.68. The minimum atomic E-state index is -0.146. The Morgan fingerprint density at radius 3 is 2.62 bits per heavy atom. The van der Waals surface area contributed by atoms with Gasteiger partial charge in [-0.1, -0.05) is 26.0 Å². The second-order valence-corrected chi connectivity index (χ2v) is 4.72. The first-order chi connectivity index (χ1) is 7.52. The van der Waals surface area contributed by atoms with Crippen molar-refractivity contribution in [2.75, 3.05) is 13.6 Å². The molecule has 0 spiro atoms. The number of nitrogens with two attached hydrogens (primary N) is 1. The summed E-state index contributed by atoms with van der Waals surface area (Å²) in [4.78, 5) is 2.13. The number of rotatable bonds is 5. The highest BCUT2D eigenvalue weighted by atomic mass is 19.1. The van der Waals surface area contributed by atoms with Gasteiger partial charge in [0.05, 0.1) is 0 Å². The first kappa shape index (κ1) is 13.1. The fourth-order valence-corrected chi connectivity index (χ4v) is 1.85. The summed E-state index contributed by atoms with van der Waals surface area (Å²) < 4.78 is 13.5. The van der Waals surface area contributed by atoms with E-state index in [0.717, 1.165) is 17.7 Å². The van der Waals surface area contributed by atoms with Gasteiger partial charge in [0, 0.05) is 25.2 Å². The Bertz CT molecular complexity index is 337. The molecule has 1 rings (SSSR count). The van der Waals surface area contributed by atoms with Crippen LogP contribution in [0.2, 0.25) is 0 Å². The van der Waals surface area contributed by atoms with E-state index in [9.17, 15) is 4.39 Å². The summed E-state index contributed by atoms with van der Waals surface area (Å²) in [6.07, 6.45) is 0. The predicted octanol–water partition coefficient (Wildman–Crippen LogP) is 2.37. The van der Waals surface area contributed by atoms with Gasteiger partial charge in [-0.2, -0.15) is 0 Å². The van der Waals surface area contributed by atoms with E-state index in [2.05, 4.69) is 18.7 Å². The third-order valence-corrected chi connectivity index (χ3v) is 2.46. The summed E-state index contributed by atoms with van der Waals surface area (Å²) in [5, 5.41) is 0. The van der Waals surface area contributed by atoms with Crippen molar-refractivity contribution >= 4 is 0 Å². The Morgan fingerprint density at radius 1 is 1.38 bits per heavy atom. The van der Waals surface area contributed by atoms with Crippen LogP contribution < -0.4 is 5.73 Å². The molecular formula is C13H21FN2. The van der Waals surface area contributed by atoms with E-state index >= 15 is 0 Å². The Morgan fingerprint density at radius 2 is 2.06 bits per heavy atom. The SMILES string of the molecule is CC(C)CN(C)Cc1cc(CN)ccc1F. The number of halogens is 1. The quantitative estimate of drug-likeness (QED) is 0.832. The minimum Gasteiger partial charge on any atom is -0.326 e. The maximum Gasteiger partial charge on any atom is 0.127 e. The van der Waals surface area contributed by atoms with Crippen molar-refractivity contribution in [3.8, 4) is 0 Å². The topological polar surface area (TPSA) is 29.3 Å². The second kappa shape index (κ2) is 5.97. The fourth-order valence-electron chi connectivity index (χ4n) is 1.85. The fraction of sp³-hybridized carbons (Fsp3) is 0.538. The Balaban J connectivity index is 2.71. The van der Waals surface area contributed by atoms with Crippen LogP contribution in [0.15, 0.2) is 18.2 Å². The van der Waals surface area contributed by atoms with Crippen LogP contribution in [0.25, 0.3) is 0 Å². The molecule has 16 heavy (non-hydrogen) atoms. The summed E-state index contributed by atoms with van der Waals surface area (Å²) in [5.41, 5.74) is 7.25. The number of hydrogen-bond donors (Lipinski definition) is 1. The Labute approximate surface area is 97.3 Å². The van der Waals surface area contributed by atoms with E-state index in [1.807, 2.05) is 13.1 Å². The highest BCUT2D eigenvalue weighted by Gasteiger charge is 2.07. The van der Waals surface area contributed by atoms with Gasteiger partial charge >= 0.3 is 0 Å². The van der Waals surface area contributed by atoms with Crippen LogP contribution in [0.4, 0.5) is 4.39 Å². The standard InChI is InChI=1S/C13H21FN2/c1-10(2)8-16(3)9-12-6-11(7-15)4-5-13(12)14/h4-6,10H,7-9,15H2,1-3H3. The van der Waals surface area contributed by atoms with Crippen molar-refractivity contribution in [3.63, 3.8) is 0 Å². The van der Waals surface area contributed by atoms with Crippen LogP contribution in [0.1, 0.15) is 25.0 Å². The summed E-state index contributed by atoms with van der Waals surface area (Å²) >= 11 is 0. The van der Waals surface area contributed by atoms with Crippen molar-refractivity contribution < 1.29 is 4.39 Å². The molecule has 1 aromatic rings. The van der Waals surface area contributed by atoms with Crippen LogP contribution in [-0.4, -0.2) is 18.5 Å². The summed E-state index contributed by atoms with van der Waals surface area (Å²) in [6, 6.07) is 5.09. The van der Waals surface area contributed by atoms with E-state index < -0.39 is 0 Å². The monoisotopic (exact) mass is 224 g/mol. The summed E-state index contributed by atoms with van der Waals surface area (Å²) in [5.74, 6) is 0.443. The van der Waals surface area contributed by atoms with Crippen LogP contribution in [0.5, 0.6) is 0 Å². The van der Waals surface area contributed by atoms with Gasteiger partial charge in [0.15, 0.2) is 0 Å². The largest absolute Gasteiger partial charge is 0.326 e. The Hall–Kier alpha value is -0.930. The molecule has 0 heterocycles. The smallest absolute Gasteiger partial charge is 0.127 e. The number of hydrogen-bond acceptors (Lipinski definition) is 2. The normalized spacial score (nSPS) is 11.4. The molecule has 3 heteroatoms. The third kappa shape index (κ3) is 3.91. The molecule has 0 aliphatic rings. The van der Waals surface area contributed by atoms with Gasteiger partial charge in [-0.05, 0) is 24.6 Å². The van der Waals surface area contributed by atoms with Gasteiger partial charge in [0.25, 0.3) is 0 Å². The van der Waals surface area contributed by atoms with E-state index in [1.54, 1.807) is 6.07 Å². The van der Waals surface area contributed by atoms with E-state index in [4.69, 9.17) is 5.73 Å². The highest BCUT2D eigenvalue weighted by molar-refractivity contribution is 5.24. The average molecular weight is 224 g/mol. The van der Waals surface area contributed by atoms with Crippen molar-refractivity contribution in [1.82, 2.24) is 4.90 Å². The zero-order valence-corrected chi connectivity index (χ0v) is 10.3. The first-order valence-corrected chi connectivity index (χ1v) is 5.68. The molecule has 0 saturated carbocycles. The molecule has 0 aliphatic carbocycles. The summed E-state index contributed by atoms with van der Waals surface area (Å²) in [7, 11) is 2.01. The molecule has 0 bridgehead atoms. The van der Waals surface area contributed by atoms with E-state index in [0.29, 0.717) is 19.0 Å². The molecule has 2 N–H and O–H groups in total. The second-order valence-electron chi connectivity index (χ2n) is 4.72. The lowest BCUT2D eigenvalue weighted by molar-refractivity contribution is 0.284. The minimum absolute atomic E-state index is 0.146. The molecule has 0 unspecified atom stereocenters. The van der Waals surface area contributed by atoms with Crippen molar-refractivity contribution in [1.29, 1.82) is 0 Å². The van der Waals surface area contributed by atoms with Gasteiger partial charge in [0.1, 0.15) is 5.82 Å². The predicted molar refractivity (Wildman–Crippen MR) is 65.5 cm³/mol. The molecule has 0 aliphatic heterocycles. The van der Waals surface area contributed by atoms with Crippen LogP contribution in [0, 0.1) is 11.7 Å². The molecule has 0 atom stereocenters. The summed E-state index contributed by atoms with van der Waals surface area (Å²) in [6.45, 7) is 6.37. The molecule has 0 fully saturated rings. The van der Waals surface area contributed by atoms with Gasteiger partial charge < -0.3 is 10.6 Å². The molecule has 0 aromatic heterocycles. The van der Waals surface area contributed by atoms with Gasteiger partial charge in [-0.15, -0.1) is 0 Å². The zero-order valence-electron chi connectivity index (χ0n) is 10.3. The van der Waals surface area contributed by atoms with E-state index in [1.165, 1.54) is 6.07 Å². The Kier molecular flexibility index (Phi) is 4.90. The molecule has 2 nitrogen and oxygen atoms in total. The van der Waals surface area contributed by atoms with Gasteiger partial charge in [-0.25, -0.2) is 4.39 Å². The van der Waals surface area contributed by atoms with Crippen molar-refractivity contribution in [3.05, 3.63) is 35.1 Å². The lowest BCUT2D eigenvalue weighted by Gasteiger charge is -2.19. The highest BCUT2D eigenvalue weighted by Crippen LogP contribution is 2.13. The van der Waals surface area contributed by atoms with Crippen molar-refractivity contribution in [2.24, 2.45) is 11.7 Å². The average Bonchev–Trinajstić information content (AvgIpc) is 2.20. The molecule has 0 radical (unpaired) electrons. The molecule has 0 amide bonds. The molecular weight excluding hydrogens is 203 g/mol. The van der Waals surface area contributed by atoms with Gasteiger partial charge in [-0.3, -0.25) is 0 Å². The van der Waals surface area contributed by atoms with Crippen molar-refractivity contribution in [2.45, 2.75) is 26.9 Å². The van der Waals surface area contributed by atoms with Crippen LogP contribution >= 0.6 is 0 Å². The number of benzene rings is 1. The van der Waals surface area contributed by atoms with Crippen LogP contribution in [0.3, 0.4) is 0 Å². The zero-order chi connectivity index (χ0) is 12.1. The molecule has 90 valence electrons. The van der Waals surface area contributed by atoms with Gasteiger partial charge in [0.2, 0.25) is 0 Å². The lowest BCUT2D eigenvalue weighted by Crippen LogP contribution is -2.23. The maximum atomic E-state index is 13.5. The third-order valence-electron chi connectivity index (χ3n) is 2.46. The lowest BCUT2D eigenvalue weighted by atomic mass is 10.1. The van der Waals surface area contributed by atoms with E-state index in [-0.39, 0.29) is 5.82 Å². The maximum absolute atomic E-state index is 13.5. The number of nitrogens with zero attached hydrogens (tertiary/aromatic N) is 1. The van der Waals surface area contributed by atoms with Crippen LogP contribution in [-0.2, 0) is 13.1 Å².